The smallest absolute Gasteiger partial charge is 0.145 e. The van der Waals surface area contributed by atoms with E-state index in [2.05, 4.69) is 12.6 Å². The molecule has 0 fully saturated rings. The molecule has 0 radical (unpaired) electrons. The number of thiol groups is 1. The van der Waals surface area contributed by atoms with Gasteiger partial charge in [-0.2, -0.15) is 12.6 Å². The second-order valence-electron chi connectivity index (χ2n) is 3.21. The molecule has 0 heterocycles. The zero-order valence-corrected chi connectivity index (χ0v) is 10.0. The van der Waals surface area contributed by atoms with Crippen LogP contribution in [-0.2, 0) is 0 Å². The summed E-state index contributed by atoms with van der Waals surface area (Å²) in [6.07, 6.45) is 3.13. The second-order valence-corrected chi connectivity index (χ2v) is 4.06. The van der Waals surface area contributed by atoms with Crippen LogP contribution in [0.4, 0.5) is 4.39 Å². The number of ether oxygens (including phenoxy) is 1. The zero-order valence-electron chi connectivity index (χ0n) is 8.38. The number of hydrogen-bond donors (Lipinski definition) is 1. The van der Waals surface area contributed by atoms with Gasteiger partial charge in [0.05, 0.1) is 11.6 Å². The summed E-state index contributed by atoms with van der Waals surface area (Å²) in [6, 6.07) is 4.48. The molecule has 1 aromatic carbocycles. The Bertz CT molecular complexity index is 307. The molecule has 15 heavy (non-hydrogen) atoms. The fraction of sp³-hybridized carbons (Fsp3) is 0.455. The number of unbranched alkanes of at least 4 members (excludes halogenated alkanes) is 2. The lowest BCUT2D eigenvalue weighted by Crippen LogP contribution is -1.97. The maximum atomic E-state index is 13.0. The first-order valence-electron chi connectivity index (χ1n) is 4.93. The van der Waals surface area contributed by atoms with Crippen molar-refractivity contribution in [3.63, 3.8) is 0 Å². The minimum Gasteiger partial charge on any atom is -0.493 e. The lowest BCUT2D eigenvalue weighted by atomic mass is 10.2. The molecule has 1 rings (SSSR count). The van der Waals surface area contributed by atoms with Gasteiger partial charge in [-0.05, 0) is 37.1 Å². The standard InChI is InChI=1S/C11H14ClFOS/c12-10-5-4-9(8-11(10)13)14-6-2-1-3-7-15/h4-5,8,15H,1-3,6-7H2. The maximum Gasteiger partial charge on any atom is 0.145 e. The topological polar surface area (TPSA) is 9.23 Å². The van der Waals surface area contributed by atoms with Gasteiger partial charge in [0.2, 0.25) is 0 Å². The van der Waals surface area contributed by atoms with E-state index in [0.717, 1.165) is 25.0 Å². The predicted molar refractivity (Wildman–Crippen MR) is 64.6 cm³/mol. The van der Waals surface area contributed by atoms with Gasteiger partial charge in [0.1, 0.15) is 11.6 Å². The summed E-state index contributed by atoms with van der Waals surface area (Å²) in [4.78, 5) is 0. The fourth-order valence-electron chi connectivity index (χ4n) is 1.15. The molecule has 1 aromatic rings. The highest BCUT2D eigenvalue weighted by molar-refractivity contribution is 7.80. The van der Waals surface area contributed by atoms with E-state index in [9.17, 15) is 4.39 Å². The van der Waals surface area contributed by atoms with Crippen LogP contribution in [0.15, 0.2) is 18.2 Å². The first kappa shape index (κ1) is 12.7. The van der Waals surface area contributed by atoms with Gasteiger partial charge in [0.25, 0.3) is 0 Å². The van der Waals surface area contributed by atoms with E-state index in [4.69, 9.17) is 16.3 Å². The molecule has 1 nitrogen and oxygen atoms in total. The second kappa shape index (κ2) is 6.96. The monoisotopic (exact) mass is 248 g/mol. The number of benzene rings is 1. The highest BCUT2D eigenvalue weighted by Gasteiger charge is 2.01. The van der Waals surface area contributed by atoms with Crippen molar-refractivity contribution >= 4 is 24.2 Å². The van der Waals surface area contributed by atoms with Gasteiger partial charge < -0.3 is 4.74 Å². The van der Waals surface area contributed by atoms with Crippen LogP contribution in [0.5, 0.6) is 5.75 Å². The molecule has 0 saturated carbocycles. The minimum atomic E-state index is -0.440. The van der Waals surface area contributed by atoms with Gasteiger partial charge in [0, 0.05) is 6.07 Å². The van der Waals surface area contributed by atoms with Crippen LogP contribution in [0.25, 0.3) is 0 Å². The molecule has 0 aliphatic carbocycles. The largest absolute Gasteiger partial charge is 0.493 e. The summed E-state index contributed by atoms with van der Waals surface area (Å²) in [5.41, 5.74) is 0. The molecular formula is C11H14ClFOS. The van der Waals surface area contributed by atoms with Crippen molar-refractivity contribution in [2.75, 3.05) is 12.4 Å². The third-order valence-electron chi connectivity index (χ3n) is 1.96. The van der Waals surface area contributed by atoms with Gasteiger partial charge in [-0.3, -0.25) is 0 Å². The van der Waals surface area contributed by atoms with Crippen molar-refractivity contribution in [3.8, 4) is 5.75 Å². The molecule has 4 heteroatoms. The molecule has 0 atom stereocenters. The first-order valence-corrected chi connectivity index (χ1v) is 5.94. The lowest BCUT2D eigenvalue weighted by molar-refractivity contribution is 0.305. The number of halogens is 2. The Morgan fingerprint density at radius 3 is 2.73 bits per heavy atom. The van der Waals surface area contributed by atoms with E-state index < -0.39 is 5.82 Å². The normalized spacial score (nSPS) is 10.3. The van der Waals surface area contributed by atoms with E-state index in [-0.39, 0.29) is 5.02 Å². The summed E-state index contributed by atoms with van der Waals surface area (Å²) in [7, 11) is 0. The minimum absolute atomic E-state index is 0.123. The molecule has 0 N–H and O–H groups in total. The summed E-state index contributed by atoms with van der Waals surface area (Å²) < 4.78 is 18.4. The molecular weight excluding hydrogens is 235 g/mol. The molecule has 0 unspecified atom stereocenters. The number of rotatable bonds is 6. The number of hydrogen-bond acceptors (Lipinski definition) is 2. The molecule has 0 spiro atoms. The van der Waals surface area contributed by atoms with Crippen LogP contribution < -0.4 is 4.74 Å². The maximum absolute atomic E-state index is 13.0. The third-order valence-corrected chi connectivity index (χ3v) is 2.58. The van der Waals surface area contributed by atoms with E-state index in [0.29, 0.717) is 12.4 Å². The van der Waals surface area contributed by atoms with Gasteiger partial charge in [-0.15, -0.1) is 0 Å². The Labute approximate surface area is 100.0 Å². The van der Waals surface area contributed by atoms with Crippen LogP contribution in [0, 0.1) is 5.82 Å². The highest BCUT2D eigenvalue weighted by atomic mass is 35.5. The lowest BCUT2D eigenvalue weighted by Gasteiger charge is -2.06. The molecule has 0 aliphatic heterocycles. The molecule has 0 aromatic heterocycles. The van der Waals surface area contributed by atoms with E-state index >= 15 is 0 Å². The molecule has 0 bridgehead atoms. The summed E-state index contributed by atoms with van der Waals surface area (Å²) in [5.74, 6) is 0.988. The molecule has 0 amide bonds. The molecule has 84 valence electrons. The van der Waals surface area contributed by atoms with Crippen molar-refractivity contribution in [3.05, 3.63) is 29.0 Å². The SMILES string of the molecule is Fc1cc(OCCCCCS)ccc1Cl. The van der Waals surface area contributed by atoms with Crippen molar-refractivity contribution in [2.24, 2.45) is 0 Å². The Morgan fingerprint density at radius 1 is 1.27 bits per heavy atom. The van der Waals surface area contributed by atoms with Gasteiger partial charge in [-0.25, -0.2) is 4.39 Å². The Morgan fingerprint density at radius 2 is 2.07 bits per heavy atom. The fourth-order valence-corrected chi connectivity index (χ4v) is 1.49. The van der Waals surface area contributed by atoms with Crippen molar-refractivity contribution < 1.29 is 9.13 Å². The Hall–Kier alpha value is -0.410. The van der Waals surface area contributed by atoms with E-state index in [1.54, 1.807) is 6.07 Å². The average molecular weight is 249 g/mol. The Kier molecular flexibility index (Phi) is 5.88. The van der Waals surface area contributed by atoms with E-state index in [1.807, 2.05) is 0 Å². The predicted octanol–water partition coefficient (Wildman–Crippen LogP) is 3.96. The van der Waals surface area contributed by atoms with Crippen molar-refractivity contribution in [2.45, 2.75) is 19.3 Å². The average Bonchev–Trinajstić information content (AvgIpc) is 2.23. The quantitative estimate of drug-likeness (QED) is 0.592. The highest BCUT2D eigenvalue weighted by Crippen LogP contribution is 2.20. The first-order chi connectivity index (χ1) is 7.24. The van der Waals surface area contributed by atoms with Crippen LogP contribution >= 0.6 is 24.2 Å². The van der Waals surface area contributed by atoms with Crippen LogP contribution in [-0.4, -0.2) is 12.4 Å². The van der Waals surface area contributed by atoms with Crippen LogP contribution in [0.1, 0.15) is 19.3 Å². The summed E-state index contributed by atoms with van der Waals surface area (Å²) >= 11 is 9.66. The summed E-state index contributed by atoms with van der Waals surface area (Å²) in [6.45, 7) is 0.606. The molecule has 0 saturated heterocycles. The van der Waals surface area contributed by atoms with Gasteiger partial charge in [0.15, 0.2) is 0 Å². The zero-order chi connectivity index (χ0) is 11.1. The van der Waals surface area contributed by atoms with Crippen molar-refractivity contribution in [1.82, 2.24) is 0 Å². The van der Waals surface area contributed by atoms with Gasteiger partial charge >= 0.3 is 0 Å². The van der Waals surface area contributed by atoms with Crippen LogP contribution in [0.2, 0.25) is 5.02 Å². The van der Waals surface area contributed by atoms with Gasteiger partial charge in [-0.1, -0.05) is 11.6 Å². The van der Waals surface area contributed by atoms with Crippen molar-refractivity contribution in [1.29, 1.82) is 0 Å². The molecule has 0 aliphatic rings. The Balaban J connectivity index is 2.28. The van der Waals surface area contributed by atoms with E-state index in [1.165, 1.54) is 12.1 Å². The third kappa shape index (κ3) is 4.76. The van der Waals surface area contributed by atoms with Crippen LogP contribution in [0.3, 0.4) is 0 Å². The summed E-state index contributed by atoms with van der Waals surface area (Å²) in [5, 5.41) is 0.123.